The van der Waals surface area contributed by atoms with Gasteiger partial charge in [0.25, 0.3) is 0 Å². The molecule has 3 nitrogen and oxygen atoms in total. The van der Waals surface area contributed by atoms with Crippen molar-refractivity contribution in [2.75, 3.05) is 13.1 Å². The van der Waals surface area contributed by atoms with Gasteiger partial charge in [-0.3, -0.25) is 4.90 Å². The molecule has 6 aliphatic rings. The van der Waals surface area contributed by atoms with Crippen molar-refractivity contribution in [2.45, 2.75) is 74.7 Å². The highest BCUT2D eigenvalue weighted by Crippen LogP contribution is 2.70. The molecule has 0 radical (unpaired) electrons. The van der Waals surface area contributed by atoms with Crippen LogP contribution in [0.15, 0.2) is 12.1 Å². The molecule has 1 aromatic carbocycles. The van der Waals surface area contributed by atoms with E-state index in [1.807, 2.05) is 0 Å². The fourth-order valence-corrected chi connectivity index (χ4v) is 7.19. The van der Waals surface area contributed by atoms with Gasteiger partial charge in [0.2, 0.25) is 0 Å². The molecule has 0 amide bonds. The Morgan fingerprint density at radius 3 is 3.00 bits per heavy atom. The lowest BCUT2D eigenvalue weighted by atomic mass is 9.51. The number of fused-ring (bicyclic) bond motifs is 2. The molecule has 2 spiro atoms. The summed E-state index contributed by atoms with van der Waals surface area (Å²) in [5, 5.41) is 0. The molecule has 4 bridgehead atoms. The second-order valence-electron chi connectivity index (χ2n) is 9.25. The molecule has 3 saturated heterocycles. The Kier molecular flexibility index (Phi) is 2.12. The topological polar surface area (TPSA) is 21.7 Å². The summed E-state index contributed by atoms with van der Waals surface area (Å²) in [5.41, 5.74) is 4.66. The molecule has 126 valence electrons. The van der Waals surface area contributed by atoms with E-state index in [0.717, 1.165) is 5.92 Å². The number of rotatable bonds is 2. The molecule has 4 heterocycles. The van der Waals surface area contributed by atoms with Crippen LogP contribution in [0.3, 0.4) is 0 Å². The Balaban J connectivity index is 1.48. The smallest absolute Gasteiger partial charge is 0.137 e. The minimum atomic E-state index is 0.0432. The van der Waals surface area contributed by atoms with Crippen LogP contribution in [0.25, 0.3) is 0 Å². The van der Waals surface area contributed by atoms with Crippen molar-refractivity contribution in [3.05, 3.63) is 28.8 Å². The minimum Gasteiger partial charge on any atom is -0.486 e. The lowest BCUT2D eigenvalue weighted by molar-refractivity contribution is -0.122. The van der Waals surface area contributed by atoms with Crippen LogP contribution in [-0.2, 0) is 16.6 Å². The predicted octanol–water partition coefficient (Wildman–Crippen LogP) is 2.97. The zero-order chi connectivity index (χ0) is 15.7. The van der Waals surface area contributed by atoms with Crippen molar-refractivity contribution >= 4 is 0 Å². The van der Waals surface area contributed by atoms with Crippen molar-refractivity contribution in [3.8, 4) is 5.75 Å². The largest absolute Gasteiger partial charge is 0.486 e. The summed E-state index contributed by atoms with van der Waals surface area (Å²) in [5.74, 6) is 2.19. The van der Waals surface area contributed by atoms with Crippen LogP contribution in [-0.4, -0.2) is 41.8 Å². The quantitative estimate of drug-likeness (QED) is 0.835. The third-order valence-electron chi connectivity index (χ3n) is 8.25. The average molecular weight is 323 g/mol. The SMILES string of the molecule is Cc1ccc2c3c1O[C@@H]1[C@H]4CCC5(O4)[C@H](C2)N(CC2CC2)CC[C@@]315. The van der Waals surface area contributed by atoms with Gasteiger partial charge in [-0.1, -0.05) is 12.1 Å². The van der Waals surface area contributed by atoms with E-state index in [-0.39, 0.29) is 17.1 Å². The first-order valence-corrected chi connectivity index (χ1v) is 9.94. The van der Waals surface area contributed by atoms with E-state index in [4.69, 9.17) is 9.47 Å². The lowest BCUT2D eigenvalue weighted by Gasteiger charge is -2.59. The van der Waals surface area contributed by atoms with Gasteiger partial charge in [0.1, 0.15) is 11.9 Å². The maximum atomic E-state index is 6.84. The predicted molar refractivity (Wildman–Crippen MR) is 90.5 cm³/mol. The van der Waals surface area contributed by atoms with Gasteiger partial charge < -0.3 is 9.47 Å². The molecule has 5 atom stereocenters. The van der Waals surface area contributed by atoms with Gasteiger partial charge >= 0.3 is 0 Å². The summed E-state index contributed by atoms with van der Waals surface area (Å²) in [7, 11) is 0. The normalized spacial score (nSPS) is 47.0. The zero-order valence-electron chi connectivity index (χ0n) is 14.4. The highest BCUT2D eigenvalue weighted by atomic mass is 16.6. The highest BCUT2D eigenvalue weighted by Gasteiger charge is 2.79. The number of hydrogen-bond donors (Lipinski definition) is 0. The Hall–Kier alpha value is -1.06. The van der Waals surface area contributed by atoms with Crippen molar-refractivity contribution in [1.82, 2.24) is 4.90 Å². The van der Waals surface area contributed by atoms with Crippen LogP contribution in [0.4, 0.5) is 0 Å². The van der Waals surface area contributed by atoms with E-state index in [0.29, 0.717) is 12.1 Å². The molecule has 3 heteroatoms. The van der Waals surface area contributed by atoms with E-state index in [1.165, 1.54) is 62.9 Å². The van der Waals surface area contributed by atoms with Crippen molar-refractivity contribution < 1.29 is 9.47 Å². The first kappa shape index (κ1) is 13.2. The van der Waals surface area contributed by atoms with Gasteiger partial charge in [-0.25, -0.2) is 0 Å². The van der Waals surface area contributed by atoms with Crippen LogP contribution in [0.2, 0.25) is 0 Å². The van der Waals surface area contributed by atoms with Gasteiger partial charge in [0, 0.05) is 18.2 Å². The van der Waals surface area contributed by atoms with Gasteiger partial charge in [-0.15, -0.1) is 0 Å². The van der Waals surface area contributed by atoms with Crippen molar-refractivity contribution in [2.24, 2.45) is 5.92 Å². The van der Waals surface area contributed by atoms with Crippen molar-refractivity contribution in [1.29, 1.82) is 0 Å². The standard InChI is InChI=1S/C21H25NO2/c1-12-2-5-14-10-16-21-7-6-15(24-21)19-20(21,17(14)18(12)23-19)8-9-22(16)11-13-3-4-13/h2,5,13,15-16,19H,3-4,6-11H2,1H3/t15-,16+,19-,20-,21?/m1/s1. The van der Waals surface area contributed by atoms with Crippen LogP contribution in [0.1, 0.15) is 48.8 Å². The molecule has 1 aromatic rings. The molecule has 1 saturated carbocycles. The Labute approximate surface area is 143 Å². The first-order chi connectivity index (χ1) is 11.7. The molecule has 7 rings (SSSR count). The molecule has 0 N–H and O–H groups in total. The van der Waals surface area contributed by atoms with Gasteiger partial charge in [0.15, 0.2) is 0 Å². The van der Waals surface area contributed by atoms with E-state index in [9.17, 15) is 0 Å². The van der Waals surface area contributed by atoms with Crippen LogP contribution < -0.4 is 4.74 Å². The lowest BCUT2D eigenvalue weighted by Crippen LogP contribution is -2.71. The summed E-state index contributed by atoms with van der Waals surface area (Å²) in [6, 6.07) is 5.26. The van der Waals surface area contributed by atoms with Gasteiger partial charge in [-0.05, 0) is 69.0 Å². The summed E-state index contributed by atoms with van der Waals surface area (Å²) in [6.07, 6.45) is 8.34. The molecule has 4 fully saturated rings. The van der Waals surface area contributed by atoms with Crippen LogP contribution in [0.5, 0.6) is 5.75 Å². The fourth-order valence-electron chi connectivity index (χ4n) is 7.19. The minimum absolute atomic E-state index is 0.0432. The summed E-state index contributed by atoms with van der Waals surface area (Å²) >= 11 is 0. The summed E-state index contributed by atoms with van der Waals surface area (Å²) < 4.78 is 13.5. The zero-order valence-corrected chi connectivity index (χ0v) is 14.4. The van der Waals surface area contributed by atoms with E-state index in [1.54, 1.807) is 11.1 Å². The Bertz CT molecular complexity index is 771. The molecule has 0 aromatic heterocycles. The Morgan fingerprint density at radius 1 is 1.21 bits per heavy atom. The molecule has 1 unspecified atom stereocenters. The molecule has 24 heavy (non-hydrogen) atoms. The highest BCUT2D eigenvalue weighted by molar-refractivity contribution is 5.61. The number of hydrogen-bond acceptors (Lipinski definition) is 3. The summed E-state index contributed by atoms with van der Waals surface area (Å²) in [6.45, 7) is 4.76. The number of benzene rings is 1. The third kappa shape index (κ3) is 1.21. The van der Waals surface area contributed by atoms with Gasteiger partial charge in [0.05, 0.1) is 17.1 Å². The van der Waals surface area contributed by atoms with E-state index >= 15 is 0 Å². The second-order valence-corrected chi connectivity index (χ2v) is 9.25. The fraction of sp³-hybridized carbons (Fsp3) is 0.714. The van der Waals surface area contributed by atoms with E-state index < -0.39 is 0 Å². The van der Waals surface area contributed by atoms with E-state index in [2.05, 4.69) is 24.0 Å². The summed E-state index contributed by atoms with van der Waals surface area (Å²) in [4.78, 5) is 2.81. The second kappa shape index (κ2) is 3.86. The molecule has 2 aliphatic carbocycles. The third-order valence-corrected chi connectivity index (χ3v) is 8.25. The monoisotopic (exact) mass is 323 g/mol. The van der Waals surface area contributed by atoms with Crippen LogP contribution in [0, 0.1) is 12.8 Å². The Morgan fingerprint density at radius 2 is 2.12 bits per heavy atom. The molecule has 4 aliphatic heterocycles. The number of nitrogens with zero attached hydrogens (tertiary/aromatic N) is 1. The number of ether oxygens (including phenoxy) is 2. The maximum Gasteiger partial charge on any atom is 0.137 e. The molecular formula is C21H25NO2. The van der Waals surface area contributed by atoms with Gasteiger partial charge in [-0.2, -0.15) is 0 Å². The first-order valence-electron chi connectivity index (χ1n) is 9.94. The number of piperidine rings is 1. The number of likely N-dealkylation sites (tertiary alicyclic amines) is 1. The maximum absolute atomic E-state index is 6.84. The molecular weight excluding hydrogens is 298 g/mol. The van der Waals surface area contributed by atoms with Crippen LogP contribution >= 0.6 is 0 Å². The average Bonchev–Trinajstić information content (AvgIpc) is 3.06. The van der Waals surface area contributed by atoms with Crippen molar-refractivity contribution in [3.63, 3.8) is 0 Å². The number of aryl methyl sites for hydroxylation is 1.